The Hall–Kier alpha value is -2.54. The lowest BCUT2D eigenvalue weighted by atomic mass is 10.1. The summed E-state index contributed by atoms with van der Waals surface area (Å²) in [7, 11) is 0. The monoisotopic (exact) mass is 314 g/mol. The molecule has 0 saturated heterocycles. The van der Waals surface area contributed by atoms with Crippen LogP contribution in [0.15, 0.2) is 64.6 Å². The molecule has 3 aromatic rings. The van der Waals surface area contributed by atoms with Gasteiger partial charge in [0.15, 0.2) is 5.16 Å². The van der Waals surface area contributed by atoms with E-state index in [1.54, 1.807) is 12.6 Å². The summed E-state index contributed by atoms with van der Waals surface area (Å²) < 4.78 is 7.14. The Morgan fingerprint density at radius 2 is 2.09 bits per heavy atom. The number of rotatable bonds is 6. The van der Waals surface area contributed by atoms with Crippen LogP contribution in [0.3, 0.4) is 0 Å². The van der Waals surface area contributed by atoms with Gasteiger partial charge in [0, 0.05) is 0 Å². The summed E-state index contributed by atoms with van der Waals surface area (Å²) in [4.78, 5) is 11.8. The molecule has 0 radical (unpaired) electrons. The zero-order valence-corrected chi connectivity index (χ0v) is 12.4. The fourth-order valence-corrected chi connectivity index (χ4v) is 3.00. The minimum Gasteiger partial charge on any atom is -0.467 e. The number of carbonyl (C=O) groups excluding carboxylic acids is 1. The molecule has 1 aromatic carbocycles. The fraction of sp³-hybridized carbons (Fsp3) is 0.133. The normalized spacial score (nSPS) is 12.2. The molecule has 7 heteroatoms. The van der Waals surface area contributed by atoms with Gasteiger partial charge < -0.3 is 14.7 Å². The van der Waals surface area contributed by atoms with Crippen molar-refractivity contribution in [1.82, 2.24) is 14.8 Å². The van der Waals surface area contributed by atoms with E-state index in [1.807, 2.05) is 47.0 Å². The molecule has 0 aliphatic heterocycles. The van der Waals surface area contributed by atoms with Crippen molar-refractivity contribution in [1.29, 1.82) is 0 Å². The smallest absolute Gasteiger partial charge is 0.235 e. The molecular weight excluding hydrogens is 300 g/mol. The minimum atomic E-state index is -0.513. The lowest BCUT2D eigenvalue weighted by Gasteiger charge is -2.13. The molecule has 0 fully saturated rings. The van der Waals surface area contributed by atoms with Crippen LogP contribution in [-0.4, -0.2) is 20.7 Å². The Labute approximate surface area is 131 Å². The number of nitrogens with two attached hydrogens (primary N) is 1. The third kappa shape index (κ3) is 3.20. The number of benzene rings is 1. The molecule has 2 N–H and O–H groups in total. The zero-order chi connectivity index (χ0) is 15.4. The standard InChI is InChI=1S/C15H14N4O2S/c16-14(20)13(11-5-2-1-3-6-11)22-15-18-17-10-19(15)9-12-7-4-8-21-12/h1-8,10,13H,9H2,(H2,16,20). The Balaban J connectivity index is 1.82. The van der Waals surface area contributed by atoms with Gasteiger partial charge in [0.1, 0.15) is 17.3 Å². The van der Waals surface area contributed by atoms with Crippen molar-refractivity contribution in [3.8, 4) is 0 Å². The van der Waals surface area contributed by atoms with E-state index in [0.717, 1.165) is 11.3 Å². The first kappa shape index (κ1) is 14.4. The number of aromatic nitrogens is 3. The topological polar surface area (TPSA) is 86.9 Å². The number of thioether (sulfide) groups is 1. The molecule has 1 atom stereocenters. The van der Waals surface area contributed by atoms with E-state index in [-0.39, 0.29) is 0 Å². The highest BCUT2D eigenvalue weighted by atomic mass is 32.2. The molecule has 1 amide bonds. The van der Waals surface area contributed by atoms with Gasteiger partial charge in [-0.1, -0.05) is 42.1 Å². The quantitative estimate of drug-likeness (QED) is 0.705. The Kier molecular flexibility index (Phi) is 4.24. The number of hydrogen-bond donors (Lipinski definition) is 1. The van der Waals surface area contributed by atoms with Crippen LogP contribution in [0.1, 0.15) is 16.6 Å². The summed E-state index contributed by atoms with van der Waals surface area (Å²) in [5, 5.41) is 8.08. The molecule has 3 rings (SSSR count). The number of primary amides is 1. The number of nitrogens with zero attached hydrogens (tertiary/aromatic N) is 3. The molecule has 0 spiro atoms. The van der Waals surface area contributed by atoms with E-state index in [0.29, 0.717) is 11.7 Å². The van der Waals surface area contributed by atoms with Crippen LogP contribution in [-0.2, 0) is 11.3 Å². The van der Waals surface area contributed by atoms with Gasteiger partial charge in [-0.25, -0.2) is 0 Å². The average molecular weight is 314 g/mol. The Morgan fingerprint density at radius 3 is 2.77 bits per heavy atom. The number of hydrogen-bond acceptors (Lipinski definition) is 5. The van der Waals surface area contributed by atoms with Crippen molar-refractivity contribution in [3.63, 3.8) is 0 Å². The van der Waals surface area contributed by atoms with Gasteiger partial charge in [-0.3, -0.25) is 4.79 Å². The largest absolute Gasteiger partial charge is 0.467 e. The lowest BCUT2D eigenvalue weighted by Crippen LogP contribution is -2.19. The van der Waals surface area contributed by atoms with Gasteiger partial charge in [0.05, 0.1) is 12.8 Å². The molecule has 1 unspecified atom stereocenters. The van der Waals surface area contributed by atoms with Crippen LogP contribution in [0.2, 0.25) is 0 Å². The van der Waals surface area contributed by atoms with Crippen LogP contribution < -0.4 is 5.73 Å². The number of amides is 1. The van der Waals surface area contributed by atoms with Gasteiger partial charge in [-0.05, 0) is 17.7 Å². The van der Waals surface area contributed by atoms with Gasteiger partial charge >= 0.3 is 0 Å². The first-order chi connectivity index (χ1) is 10.7. The SMILES string of the molecule is NC(=O)C(Sc1nncn1Cc1ccco1)c1ccccc1. The van der Waals surface area contributed by atoms with Crippen LogP contribution in [0, 0.1) is 0 Å². The highest BCUT2D eigenvalue weighted by Crippen LogP contribution is 2.33. The van der Waals surface area contributed by atoms with Gasteiger partial charge in [0.25, 0.3) is 0 Å². The van der Waals surface area contributed by atoms with Crippen molar-refractivity contribution in [2.24, 2.45) is 5.73 Å². The highest BCUT2D eigenvalue weighted by molar-refractivity contribution is 8.00. The maximum Gasteiger partial charge on any atom is 0.235 e. The van der Waals surface area contributed by atoms with Crippen LogP contribution in [0.25, 0.3) is 0 Å². The molecule has 2 heterocycles. The minimum absolute atomic E-state index is 0.413. The second-order valence-corrected chi connectivity index (χ2v) is 5.70. The lowest BCUT2D eigenvalue weighted by molar-refractivity contribution is -0.117. The third-order valence-corrected chi connectivity index (χ3v) is 4.34. The van der Waals surface area contributed by atoms with E-state index >= 15 is 0 Å². The van der Waals surface area contributed by atoms with Crippen molar-refractivity contribution >= 4 is 17.7 Å². The molecule has 0 saturated carbocycles. The first-order valence-corrected chi connectivity index (χ1v) is 7.53. The molecule has 2 aromatic heterocycles. The van der Waals surface area contributed by atoms with Crippen LogP contribution in [0.4, 0.5) is 0 Å². The maximum atomic E-state index is 11.8. The summed E-state index contributed by atoms with van der Waals surface area (Å²) in [5.74, 6) is 0.376. The van der Waals surface area contributed by atoms with Crippen molar-refractivity contribution in [2.75, 3.05) is 0 Å². The number of furan rings is 1. The molecule has 6 nitrogen and oxygen atoms in total. The Morgan fingerprint density at radius 1 is 1.27 bits per heavy atom. The van der Waals surface area contributed by atoms with Crippen molar-refractivity contribution in [3.05, 3.63) is 66.4 Å². The van der Waals surface area contributed by atoms with Crippen LogP contribution >= 0.6 is 11.8 Å². The Bertz CT molecular complexity index is 740. The van der Waals surface area contributed by atoms with E-state index in [4.69, 9.17) is 10.2 Å². The summed E-state index contributed by atoms with van der Waals surface area (Å²) in [6, 6.07) is 13.1. The average Bonchev–Trinajstić information content (AvgIpc) is 3.18. The zero-order valence-electron chi connectivity index (χ0n) is 11.6. The van der Waals surface area contributed by atoms with E-state index in [1.165, 1.54) is 11.8 Å². The van der Waals surface area contributed by atoms with Crippen LogP contribution in [0.5, 0.6) is 0 Å². The summed E-state index contributed by atoms with van der Waals surface area (Å²) >= 11 is 1.28. The number of carbonyl (C=O) groups is 1. The highest BCUT2D eigenvalue weighted by Gasteiger charge is 2.22. The van der Waals surface area contributed by atoms with E-state index in [2.05, 4.69) is 10.2 Å². The van der Waals surface area contributed by atoms with E-state index in [9.17, 15) is 4.79 Å². The second kappa shape index (κ2) is 6.48. The van der Waals surface area contributed by atoms with Gasteiger partial charge in [-0.2, -0.15) is 0 Å². The predicted molar refractivity (Wildman–Crippen MR) is 82.1 cm³/mol. The molecule has 22 heavy (non-hydrogen) atoms. The molecule has 0 aliphatic carbocycles. The molecule has 0 bridgehead atoms. The third-order valence-electron chi connectivity index (χ3n) is 3.07. The molecule has 112 valence electrons. The fourth-order valence-electron chi connectivity index (χ4n) is 2.04. The first-order valence-electron chi connectivity index (χ1n) is 6.65. The summed E-state index contributed by atoms with van der Waals surface area (Å²) in [6.07, 6.45) is 3.22. The van der Waals surface area contributed by atoms with Crippen molar-refractivity contribution < 1.29 is 9.21 Å². The van der Waals surface area contributed by atoms with Crippen molar-refractivity contribution in [2.45, 2.75) is 17.0 Å². The maximum absolute atomic E-state index is 11.8. The second-order valence-electron chi connectivity index (χ2n) is 4.63. The van der Waals surface area contributed by atoms with Gasteiger partial charge in [-0.15, -0.1) is 10.2 Å². The summed E-state index contributed by atoms with van der Waals surface area (Å²) in [6.45, 7) is 0.503. The van der Waals surface area contributed by atoms with E-state index < -0.39 is 11.2 Å². The summed E-state index contributed by atoms with van der Waals surface area (Å²) in [5.41, 5.74) is 6.38. The van der Waals surface area contributed by atoms with Gasteiger partial charge in [0.2, 0.25) is 5.91 Å². The molecular formula is C15H14N4O2S. The predicted octanol–water partition coefficient (Wildman–Crippen LogP) is 2.24. The molecule has 0 aliphatic rings.